The molecule has 0 amide bonds. The average molecular weight is 341 g/mol. The van der Waals surface area contributed by atoms with Crippen molar-refractivity contribution in [3.05, 3.63) is 35.9 Å². The van der Waals surface area contributed by atoms with Crippen molar-refractivity contribution in [2.45, 2.75) is 46.6 Å². The normalized spacial score (nSPS) is 14.2. The van der Waals surface area contributed by atoms with E-state index in [1.807, 2.05) is 13.0 Å². The van der Waals surface area contributed by atoms with Crippen molar-refractivity contribution >= 4 is 10.0 Å². The average Bonchev–Trinajstić information content (AvgIpc) is 2.44. The first-order valence-corrected chi connectivity index (χ1v) is 10.2. The first-order valence-electron chi connectivity index (χ1n) is 8.37. The maximum absolute atomic E-state index is 11.6. The second kappa shape index (κ2) is 8.81. The van der Waals surface area contributed by atoms with Gasteiger partial charge in [-0.2, -0.15) is 0 Å². The lowest BCUT2D eigenvalue weighted by Crippen LogP contribution is -2.33. The molecule has 0 saturated carbocycles. The van der Waals surface area contributed by atoms with Crippen LogP contribution in [-0.2, 0) is 10.0 Å². The van der Waals surface area contributed by atoms with Crippen LogP contribution in [0.5, 0.6) is 0 Å². The molecular weight excluding hydrogens is 308 g/mol. The second-order valence-corrected chi connectivity index (χ2v) is 9.27. The molecule has 1 unspecified atom stereocenters. The van der Waals surface area contributed by atoms with E-state index in [9.17, 15) is 8.42 Å². The lowest BCUT2D eigenvalue weighted by molar-refractivity contribution is 0.307. The summed E-state index contributed by atoms with van der Waals surface area (Å²) in [6.07, 6.45) is 3.13. The van der Waals surface area contributed by atoms with Crippen LogP contribution in [0.4, 0.5) is 0 Å². The Morgan fingerprint density at radius 2 is 1.78 bits per heavy atom. The summed E-state index contributed by atoms with van der Waals surface area (Å²) in [6, 6.07) is 10.8. The summed E-state index contributed by atoms with van der Waals surface area (Å²) in [5.41, 5.74) is 1.52. The van der Waals surface area contributed by atoms with Gasteiger partial charge in [-0.15, -0.1) is 0 Å². The Morgan fingerprint density at radius 1 is 1.17 bits per heavy atom. The highest BCUT2D eigenvalue weighted by molar-refractivity contribution is 7.88. The van der Waals surface area contributed by atoms with Gasteiger partial charge in [-0.3, -0.25) is 0 Å². The molecule has 0 saturated heterocycles. The van der Waals surface area contributed by atoms with Crippen molar-refractivity contribution in [1.82, 2.24) is 9.62 Å². The van der Waals surface area contributed by atoms with Crippen LogP contribution < -0.4 is 5.32 Å². The van der Waals surface area contributed by atoms with Crippen LogP contribution in [0, 0.1) is 5.41 Å². The monoisotopic (exact) mass is 340 g/mol. The molecule has 1 aromatic rings. The van der Waals surface area contributed by atoms with Crippen molar-refractivity contribution in [3.63, 3.8) is 0 Å². The number of hydrogen-bond acceptors (Lipinski definition) is 3. The van der Waals surface area contributed by atoms with Gasteiger partial charge in [0.15, 0.2) is 0 Å². The molecule has 1 aromatic carbocycles. The summed E-state index contributed by atoms with van der Waals surface area (Å²) >= 11 is 0. The van der Waals surface area contributed by atoms with Gasteiger partial charge in [0.25, 0.3) is 0 Å². The third kappa shape index (κ3) is 7.95. The largest absolute Gasteiger partial charge is 0.310 e. The summed E-state index contributed by atoms with van der Waals surface area (Å²) in [7, 11) is -3.09. The van der Waals surface area contributed by atoms with Crippen molar-refractivity contribution in [1.29, 1.82) is 0 Å². The van der Waals surface area contributed by atoms with Crippen LogP contribution in [0.25, 0.3) is 0 Å². The zero-order valence-electron chi connectivity index (χ0n) is 15.2. The Hall–Kier alpha value is -0.910. The van der Waals surface area contributed by atoms with E-state index in [-0.39, 0.29) is 5.41 Å². The number of benzene rings is 1. The minimum atomic E-state index is -3.09. The highest BCUT2D eigenvalue weighted by atomic mass is 32.2. The molecule has 1 N–H and O–H groups in total. The van der Waals surface area contributed by atoms with Crippen LogP contribution >= 0.6 is 0 Å². The van der Waals surface area contributed by atoms with E-state index in [1.54, 1.807) is 0 Å². The topological polar surface area (TPSA) is 49.4 Å². The Morgan fingerprint density at radius 3 is 2.26 bits per heavy atom. The van der Waals surface area contributed by atoms with E-state index in [4.69, 9.17) is 0 Å². The van der Waals surface area contributed by atoms with E-state index in [2.05, 4.69) is 50.4 Å². The third-order valence-corrected chi connectivity index (χ3v) is 5.19. The Labute approximate surface area is 142 Å². The molecule has 0 radical (unpaired) electrons. The number of nitrogens with zero attached hydrogens (tertiary/aromatic N) is 1. The summed E-state index contributed by atoms with van der Waals surface area (Å²) < 4.78 is 24.7. The van der Waals surface area contributed by atoms with E-state index in [0.717, 1.165) is 19.4 Å². The van der Waals surface area contributed by atoms with Gasteiger partial charge in [0.2, 0.25) is 10.0 Å². The highest BCUT2D eigenvalue weighted by Gasteiger charge is 2.20. The predicted molar refractivity (Wildman–Crippen MR) is 98.0 cm³/mol. The molecule has 0 fully saturated rings. The molecule has 0 bridgehead atoms. The molecule has 0 heterocycles. The van der Waals surface area contributed by atoms with Crippen LogP contribution in [0.15, 0.2) is 30.3 Å². The number of nitrogens with one attached hydrogen (secondary N) is 1. The molecule has 0 aliphatic heterocycles. The van der Waals surface area contributed by atoms with Gasteiger partial charge in [-0.1, -0.05) is 58.0 Å². The van der Waals surface area contributed by atoms with Crippen LogP contribution in [-0.4, -0.2) is 38.6 Å². The minimum Gasteiger partial charge on any atom is -0.310 e. The van der Waals surface area contributed by atoms with Gasteiger partial charge >= 0.3 is 0 Å². The summed E-state index contributed by atoms with van der Waals surface area (Å²) in [5, 5.41) is 3.60. The van der Waals surface area contributed by atoms with E-state index < -0.39 is 10.0 Å². The Bertz CT molecular complexity index is 550. The SMILES string of the molecule is CCN(CCCNC(CC(C)(C)C)c1ccccc1)S(C)(=O)=O. The zero-order valence-corrected chi connectivity index (χ0v) is 16.0. The fourth-order valence-electron chi connectivity index (χ4n) is 2.70. The quantitative estimate of drug-likeness (QED) is 0.701. The van der Waals surface area contributed by atoms with E-state index >= 15 is 0 Å². The van der Waals surface area contributed by atoms with Gasteiger partial charge in [-0.25, -0.2) is 12.7 Å². The van der Waals surface area contributed by atoms with Crippen LogP contribution in [0.1, 0.15) is 52.1 Å². The molecule has 1 atom stereocenters. The summed E-state index contributed by atoms with van der Waals surface area (Å²) in [4.78, 5) is 0. The number of sulfonamides is 1. The maximum atomic E-state index is 11.6. The molecule has 5 heteroatoms. The van der Waals surface area contributed by atoms with Crippen molar-refractivity contribution in [3.8, 4) is 0 Å². The van der Waals surface area contributed by atoms with Crippen molar-refractivity contribution in [2.24, 2.45) is 5.41 Å². The molecule has 4 nitrogen and oxygen atoms in total. The first kappa shape index (κ1) is 20.1. The number of rotatable bonds is 9. The minimum absolute atomic E-state index is 0.232. The van der Waals surface area contributed by atoms with Gasteiger partial charge in [-0.05, 0) is 30.4 Å². The van der Waals surface area contributed by atoms with Crippen LogP contribution in [0.3, 0.4) is 0 Å². The lowest BCUT2D eigenvalue weighted by atomic mass is 9.85. The molecule has 0 aliphatic carbocycles. The van der Waals surface area contributed by atoms with Gasteiger partial charge in [0, 0.05) is 19.1 Å². The molecule has 0 spiro atoms. The standard InChI is InChI=1S/C18H32N2O2S/c1-6-20(23(5,21)22)14-10-13-19-17(15-18(2,3)4)16-11-8-7-9-12-16/h7-9,11-12,17,19H,6,10,13-15H2,1-5H3. The molecule has 23 heavy (non-hydrogen) atoms. The molecule has 0 aliphatic rings. The first-order chi connectivity index (χ1) is 10.6. The highest BCUT2D eigenvalue weighted by Crippen LogP contribution is 2.29. The fraction of sp³-hybridized carbons (Fsp3) is 0.667. The number of hydrogen-bond donors (Lipinski definition) is 1. The predicted octanol–water partition coefficient (Wildman–Crippen LogP) is 3.43. The maximum Gasteiger partial charge on any atom is 0.211 e. The van der Waals surface area contributed by atoms with Gasteiger partial charge in [0.1, 0.15) is 0 Å². The third-order valence-electron chi connectivity index (χ3n) is 3.82. The van der Waals surface area contributed by atoms with E-state index in [0.29, 0.717) is 19.1 Å². The van der Waals surface area contributed by atoms with Gasteiger partial charge in [0.05, 0.1) is 6.26 Å². The molecular formula is C18H32N2O2S. The summed E-state index contributed by atoms with van der Waals surface area (Å²) in [5.74, 6) is 0. The van der Waals surface area contributed by atoms with Crippen molar-refractivity contribution in [2.75, 3.05) is 25.9 Å². The summed E-state index contributed by atoms with van der Waals surface area (Å²) in [6.45, 7) is 10.5. The van der Waals surface area contributed by atoms with Gasteiger partial charge < -0.3 is 5.32 Å². The Kier molecular flexibility index (Phi) is 7.71. The van der Waals surface area contributed by atoms with Crippen molar-refractivity contribution < 1.29 is 8.42 Å². The smallest absolute Gasteiger partial charge is 0.211 e. The lowest BCUT2D eigenvalue weighted by Gasteiger charge is -2.28. The zero-order chi connectivity index (χ0) is 17.5. The second-order valence-electron chi connectivity index (χ2n) is 7.29. The van der Waals surface area contributed by atoms with E-state index in [1.165, 1.54) is 16.1 Å². The fourth-order valence-corrected chi connectivity index (χ4v) is 3.63. The molecule has 1 rings (SSSR count). The molecule has 132 valence electrons. The molecule has 0 aromatic heterocycles. The Balaban J connectivity index is 2.59. The van der Waals surface area contributed by atoms with Crippen LogP contribution in [0.2, 0.25) is 0 Å².